The van der Waals surface area contributed by atoms with Crippen molar-refractivity contribution in [1.82, 2.24) is 20.4 Å². The lowest BCUT2D eigenvalue weighted by atomic mass is 10.0. The van der Waals surface area contributed by atoms with Crippen molar-refractivity contribution >= 4 is 16.7 Å². The molecule has 2 N–H and O–H groups in total. The Balaban J connectivity index is 2.11. The summed E-state index contributed by atoms with van der Waals surface area (Å²) in [7, 11) is 0. The number of fused-ring (bicyclic) bond motifs is 1. The summed E-state index contributed by atoms with van der Waals surface area (Å²) in [6.45, 7) is 9.37. The van der Waals surface area contributed by atoms with E-state index in [1.165, 1.54) is 0 Å². The summed E-state index contributed by atoms with van der Waals surface area (Å²) in [5, 5.41) is 10.8. The Kier molecular flexibility index (Phi) is 5.87. The van der Waals surface area contributed by atoms with E-state index < -0.39 is 5.92 Å². The maximum absolute atomic E-state index is 12.4. The first kappa shape index (κ1) is 17.1. The molecule has 1 aromatic heterocycles. The van der Waals surface area contributed by atoms with Crippen LogP contribution in [0.25, 0.3) is 10.8 Å². The van der Waals surface area contributed by atoms with Crippen LogP contribution in [-0.2, 0) is 4.79 Å². The summed E-state index contributed by atoms with van der Waals surface area (Å²) >= 11 is 0. The number of likely N-dealkylation sites (N-methyl/N-ethyl adjacent to an activating group) is 1. The van der Waals surface area contributed by atoms with E-state index in [-0.39, 0.29) is 11.5 Å². The SMILES string of the molecule is CCN(CC)CCNC(=O)C(C)c1n[nH]c(=O)c2ccccc12. The summed E-state index contributed by atoms with van der Waals surface area (Å²) in [5.74, 6) is -0.504. The lowest BCUT2D eigenvalue weighted by molar-refractivity contribution is -0.122. The van der Waals surface area contributed by atoms with Crippen LogP contribution in [0, 0.1) is 0 Å². The van der Waals surface area contributed by atoms with Gasteiger partial charge in [-0.3, -0.25) is 9.59 Å². The molecule has 1 unspecified atom stereocenters. The molecule has 0 radical (unpaired) electrons. The number of amides is 1. The number of aromatic nitrogens is 2. The van der Waals surface area contributed by atoms with E-state index in [1.807, 2.05) is 12.1 Å². The maximum Gasteiger partial charge on any atom is 0.272 e. The predicted molar refractivity (Wildman–Crippen MR) is 91.6 cm³/mol. The van der Waals surface area contributed by atoms with Gasteiger partial charge in [0.15, 0.2) is 0 Å². The largest absolute Gasteiger partial charge is 0.354 e. The van der Waals surface area contributed by atoms with Crippen molar-refractivity contribution < 1.29 is 4.79 Å². The molecule has 1 atom stereocenters. The highest BCUT2D eigenvalue weighted by molar-refractivity contribution is 5.90. The van der Waals surface area contributed by atoms with Crippen LogP contribution in [0.3, 0.4) is 0 Å². The van der Waals surface area contributed by atoms with E-state index >= 15 is 0 Å². The van der Waals surface area contributed by atoms with Gasteiger partial charge in [-0.1, -0.05) is 32.0 Å². The van der Waals surface area contributed by atoms with Crippen LogP contribution in [0.1, 0.15) is 32.4 Å². The first-order valence-electron chi connectivity index (χ1n) is 8.05. The number of hydrogen-bond donors (Lipinski definition) is 2. The molecule has 0 fully saturated rings. The molecule has 1 amide bonds. The van der Waals surface area contributed by atoms with E-state index in [2.05, 4.69) is 34.3 Å². The van der Waals surface area contributed by atoms with Gasteiger partial charge in [0.05, 0.1) is 17.0 Å². The van der Waals surface area contributed by atoms with Gasteiger partial charge >= 0.3 is 0 Å². The summed E-state index contributed by atoms with van der Waals surface area (Å²) in [6.07, 6.45) is 0. The molecule has 0 saturated heterocycles. The molecular weight excluding hydrogens is 292 g/mol. The number of H-pyrrole nitrogens is 1. The van der Waals surface area contributed by atoms with Crippen molar-refractivity contribution in [3.8, 4) is 0 Å². The molecule has 23 heavy (non-hydrogen) atoms. The molecule has 0 aliphatic carbocycles. The first-order valence-corrected chi connectivity index (χ1v) is 8.05. The second-order valence-corrected chi connectivity index (χ2v) is 5.52. The molecule has 0 spiro atoms. The van der Waals surface area contributed by atoms with Crippen molar-refractivity contribution in [2.45, 2.75) is 26.7 Å². The second kappa shape index (κ2) is 7.87. The van der Waals surface area contributed by atoms with E-state index in [0.717, 1.165) is 25.0 Å². The minimum atomic E-state index is -0.423. The van der Waals surface area contributed by atoms with E-state index in [1.54, 1.807) is 19.1 Å². The monoisotopic (exact) mass is 316 g/mol. The zero-order chi connectivity index (χ0) is 16.8. The van der Waals surface area contributed by atoms with Crippen LogP contribution in [0.2, 0.25) is 0 Å². The smallest absolute Gasteiger partial charge is 0.272 e. The van der Waals surface area contributed by atoms with Gasteiger partial charge in [-0.2, -0.15) is 5.10 Å². The molecule has 2 rings (SSSR count). The first-order chi connectivity index (χ1) is 11.1. The van der Waals surface area contributed by atoms with Gasteiger partial charge in [-0.25, -0.2) is 5.10 Å². The fourth-order valence-corrected chi connectivity index (χ4v) is 2.62. The fourth-order valence-electron chi connectivity index (χ4n) is 2.62. The molecule has 0 aliphatic heterocycles. The van der Waals surface area contributed by atoms with Gasteiger partial charge in [-0.15, -0.1) is 0 Å². The lowest BCUT2D eigenvalue weighted by Gasteiger charge is -2.19. The quantitative estimate of drug-likeness (QED) is 0.811. The van der Waals surface area contributed by atoms with Gasteiger partial charge in [0.2, 0.25) is 5.91 Å². The number of rotatable bonds is 7. The third-order valence-corrected chi connectivity index (χ3v) is 4.15. The van der Waals surface area contributed by atoms with E-state index in [9.17, 15) is 9.59 Å². The minimum absolute atomic E-state index is 0.0816. The summed E-state index contributed by atoms with van der Waals surface area (Å²) in [5.41, 5.74) is 0.360. The number of carbonyl (C=O) groups is 1. The normalized spacial score (nSPS) is 12.5. The van der Waals surface area contributed by atoms with Gasteiger partial charge < -0.3 is 10.2 Å². The Morgan fingerprint density at radius 1 is 1.26 bits per heavy atom. The zero-order valence-electron chi connectivity index (χ0n) is 13.9. The number of aromatic amines is 1. The van der Waals surface area contributed by atoms with Crippen LogP contribution in [0.15, 0.2) is 29.1 Å². The van der Waals surface area contributed by atoms with Gasteiger partial charge in [-0.05, 0) is 26.1 Å². The second-order valence-electron chi connectivity index (χ2n) is 5.52. The molecule has 2 aromatic rings. The molecule has 124 valence electrons. The number of benzene rings is 1. The fraction of sp³-hybridized carbons (Fsp3) is 0.471. The number of carbonyl (C=O) groups excluding carboxylic acids is 1. The van der Waals surface area contributed by atoms with Crippen LogP contribution < -0.4 is 10.9 Å². The Morgan fingerprint density at radius 3 is 2.57 bits per heavy atom. The van der Waals surface area contributed by atoms with Crippen molar-refractivity contribution in [2.24, 2.45) is 0 Å². The highest BCUT2D eigenvalue weighted by atomic mass is 16.2. The van der Waals surface area contributed by atoms with Crippen molar-refractivity contribution in [3.63, 3.8) is 0 Å². The zero-order valence-corrected chi connectivity index (χ0v) is 13.9. The van der Waals surface area contributed by atoms with Crippen molar-refractivity contribution in [1.29, 1.82) is 0 Å². The molecular formula is C17H24N4O2. The van der Waals surface area contributed by atoms with E-state index in [4.69, 9.17) is 0 Å². The van der Waals surface area contributed by atoms with E-state index in [0.29, 0.717) is 17.6 Å². The van der Waals surface area contributed by atoms with Crippen LogP contribution in [0.4, 0.5) is 0 Å². The predicted octanol–water partition coefficient (Wildman–Crippen LogP) is 1.48. The summed E-state index contributed by atoms with van der Waals surface area (Å²) in [6, 6.07) is 7.21. The highest BCUT2D eigenvalue weighted by Crippen LogP contribution is 2.20. The molecule has 1 heterocycles. The summed E-state index contributed by atoms with van der Waals surface area (Å²) in [4.78, 5) is 26.4. The number of hydrogen-bond acceptors (Lipinski definition) is 4. The van der Waals surface area contributed by atoms with Crippen molar-refractivity contribution in [2.75, 3.05) is 26.2 Å². The molecule has 0 bridgehead atoms. The maximum atomic E-state index is 12.4. The number of nitrogens with zero attached hydrogens (tertiary/aromatic N) is 2. The highest BCUT2D eigenvalue weighted by Gasteiger charge is 2.20. The average molecular weight is 316 g/mol. The van der Waals surface area contributed by atoms with Gasteiger partial charge in [0.1, 0.15) is 0 Å². The van der Waals surface area contributed by atoms with Crippen LogP contribution >= 0.6 is 0 Å². The third-order valence-electron chi connectivity index (χ3n) is 4.15. The minimum Gasteiger partial charge on any atom is -0.354 e. The molecule has 6 heteroatoms. The van der Waals surface area contributed by atoms with Crippen molar-refractivity contribution in [3.05, 3.63) is 40.3 Å². The Labute approximate surface area is 135 Å². The Morgan fingerprint density at radius 2 is 1.91 bits per heavy atom. The van der Waals surface area contributed by atoms with Gasteiger partial charge in [0.25, 0.3) is 5.56 Å². The Bertz CT molecular complexity index is 722. The third kappa shape index (κ3) is 3.96. The summed E-state index contributed by atoms with van der Waals surface area (Å²) < 4.78 is 0. The van der Waals surface area contributed by atoms with Crippen LogP contribution in [0.5, 0.6) is 0 Å². The standard InChI is InChI=1S/C17H24N4O2/c1-4-21(5-2)11-10-18-16(22)12(3)15-13-8-6-7-9-14(13)17(23)20-19-15/h6-9,12H,4-5,10-11H2,1-3H3,(H,18,22)(H,20,23). The molecule has 0 saturated carbocycles. The molecule has 1 aromatic carbocycles. The molecule has 6 nitrogen and oxygen atoms in total. The lowest BCUT2D eigenvalue weighted by Crippen LogP contribution is -2.36. The Hall–Kier alpha value is -2.21. The molecule has 0 aliphatic rings. The van der Waals surface area contributed by atoms with Gasteiger partial charge in [0, 0.05) is 18.5 Å². The topological polar surface area (TPSA) is 78.1 Å². The number of nitrogens with one attached hydrogen (secondary N) is 2. The average Bonchev–Trinajstić information content (AvgIpc) is 2.58. The van der Waals surface area contributed by atoms with Crippen LogP contribution in [-0.4, -0.2) is 47.2 Å².